The van der Waals surface area contributed by atoms with Crippen LogP contribution in [0.15, 0.2) is 52.4 Å². The number of carbonyl (C=O) groups is 2. The van der Waals surface area contributed by atoms with Crippen LogP contribution in [0.4, 0.5) is 0 Å². The van der Waals surface area contributed by atoms with Crippen molar-refractivity contribution in [2.75, 3.05) is 27.3 Å². The number of ether oxygens (including phenoxy) is 2. The number of thiazole rings is 1. The van der Waals surface area contributed by atoms with Crippen molar-refractivity contribution in [1.82, 2.24) is 8.87 Å². The fourth-order valence-corrected chi connectivity index (χ4v) is 6.86. The smallest absolute Gasteiger partial charge is 0.325 e. The zero-order valence-electron chi connectivity index (χ0n) is 21.3. The summed E-state index contributed by atoms with van der Waals surface area (Å²) in [5.74, 6) is -0.224. The number of piperidine rings is 1. The molecule has 0 atom stereocenters. The molecule has 2 aromatic carbocycles. The number of hydrogen-bond acceptors (Lipinski definition) is 7. The molecule has 37 heavy (non-hydrogen) atoms. The van der Waals surface area contributed by atoms with Gasteiger partial charge in [-0.2, -0.15) is 9.30 Å². The molecule has 0 N–H and O–H groups in total. The van der Waals surface area contributed by atoms with E-state index in [0.717, 1.165) is 15.8 Å². The summed E-state index contributed by atoms with van der Waals surface area (Å²) in [6.07, 6.45) is 0.744. The first-order chi connectivity index (χ1) is 17.6. The molecule has 1 fully saturated rings. The molecule has 0 spiro atoms. The van der Waals surface area contributed by atoms with Crippen molar-refractivity contribution >= 4 is 43.5 Å². The Labute approximate surface area is 220 Å². The van der Waals surface area contributed by atoms with E-state index in [2.05, 4.69) is 24.9 Å². The van der Waals surface area contributed by atoms with Gasteiger partial charge < -0.3 is 14.0 Å². The monoisotopic (exact) mass is 545 g/mol. The Morgan fingerprint density at radius 1 is 1.08 bits per heavy atom. The van der Waals surface area contributed by atoms with E-state index in [1.165, 1.54) is 42.0 Å². The van der Waals surface area contributed by atoms with Gasteiger partial charge >= 0.3 is 5.97 Å². The number of hydrogen-bond donors (Lipinski definition) is 0. The Morgan fingerprint density at radius 3 is 2.35 bits per heavy atom. The quantitative estimate of drug-likeness (QED) is 0.421. The number of carbonyl (C=O) groups excluding carboxylic acids is 2. The molecule has 1 aliphatic rings. The van der Waals surface area contributed by atoms with Crippen molar-refractivity contribution in [2.45, 2.75) is 44.0 Å². The van der Waals surface area contributed by atoms with Gasteiger partial charge in [0.15, 0.2) is 4.80 Å². The summed E-state index contributed by atoms with van der Waals surface area (Å²) in [5.41, 5.74) is 1.97. The first-order valence-electron chi connectivity index (χ1n) is 12.1. The van der Waals surface area contributed by atoms with Gasteiger partial charge in [-0.3, -0.25) is 9.59 Å². The van der Waals surface area contributed by atoms with Gasteiger partial charge in [-0.1, -0.05) is 31.3 Å². The molecule has 4 rings (SSSR count). The Morgan fingerprint density at radius 2 is 1.76 bits per heavy atom. The SMILES string of the molecule is COC(=O)Cn1c(=NC(=O)C2CCN(S(=O)(=O)c3ccc(OC)cc3)CC2)sc2cc(C(C)C)ccc21. The second-order valence-corrected chi connectivity index (χ2v) is 12.2. The molecule has 1 saturated heterocycles. The van der Waals surface area contributed by atoms with Crippen LogP contribution >= 0.6 is 11.3 Å². The largest absolute Gasteiger partial charge is 0.497 e. The number of fused-ring (bicyclic) bond motifs is 1. The van der Waals surface area contributed by atoms with Crippen LogP contribution in [-0.4, -0.2) is 56.5 Å². The summed E-state index contributed by atoms with van der Waals surface area (Å²) in [7, 11) is -0.818. The second-order valence-electron chi connectivity index (χ2n) is 9.23. The highest BCUT2D eigenvalue weighted by Gasteiger charge is 2.32. The van der Waals surface area contributed by atoms with E-state index < -0.39 is 21.9 Å². The van der Waals surface area contributed by atoms with Crippen molar-refractivity contribution in [3.63, 3.8) is 0 Å². The Kier molecular flexibility index (Phi) is 8.15. The normalized spacial score (nSPS) is 15.9. The van der Waals surface area contributed by atoms with Gasteiger partial charge in [0.05, 0.1) is 29.3 Å². The van der Waals surface area contributed by atoms with Gasteiger partial charge in [-0.15, -0.1) is 0 Å². The number of rotatable bonds is 7. The number of nitrogens with zero attached hydrogens (tertiary/aromatic N) is 3. The van der Waals surface area contributed by atoms with E-state index in [-0.39, 0.29) is 30.4 Å². The minimum atomic E-state index is -3.66. The minimum absolute atomic E-state index is 0.0534. The molecule has 1 aromatic heterocycles. The first kappa shape index (κ1) is 27.0. The van der Waals surface area contributed by atoms with Gasteiger partial charge in [0.25, 0.3) is 5.91 Å². The maximum atomic E-state index is 13.2. The molecular weight excluding hydrogens is 514 g/mol. The zero-order chi connectivity index (χ0) is 26.7. The average molecular weight is 546 g/mol. The lowest BCUT2D eigenvalue weighted by Crippen LogP contribution is -2.40. The molecule has 0 unspecified atom stereocenters. The standard InChI is InChI=1S/C26H31N3O6S2/c1-17(2)19-5-10-22-23(15-19)36-26(29(22)16-24(30)35-4)27-25(31)18-11-13-28(14-12-18)37(32,33)21-8-6-20(34-3)7-9-21/h5-10,15,17-18H,11-14,16H2,1-4H3. The van der Waals surface area contributed by atoms with Crippen LogP contribution in [0, 0.1) is 5.92 Å². The Bertz CT molecular complexity index is 1460. The lowest BCUT2D eigenvalue weighted by atomic mass is 9.98. The minimum Gasteiger partial charge on any atom is -0.497 e. The van der Waals surface area contributed by atoms with Crippen molar-refractivity contribution in [3.05, 3.63) is 52.8 Å². The van der Waals surface area contributed by atoms with Gasteiger partial charge in [0.1, 0.15) is 12.3 Å². The van der Waals surface area contributed by atoms with E-state index in [9.17, 15) is 18.0 Å². The molecule has 2 heterocycles. The molecule has 0 aliphatic carbocycles. The fourth-order valence-electron chi connectivity index (χ4n) is 4.31. The van der Waals surface area contributed by atoms with E-state index in [4.69, 9.17) is 9.47 Å². The second kappa shape index (κ2) is 11.2. The third-order valence-electron chi connectivity index (χ3n) is 6.59. The van der Waals surface area contributed by atoms with Gasteiger partial charge in [0, 0.05) is 19.0 Å². The van der Waals surface area contributed by atoms with Crippen LogP contribution in [0.2, 0.25) is 0 Å². The maximum absolute atomic E-state index is 13.2. The van der Waals surface area contributed by atoms with Gasteiger partial charge in [-0.05, 0) is 60.7 Å². The Balaban J connectivity index is 1.55. The van der Waals surface area contributed by atoms with Crippen LogP contribution in [0.5, 0.6) is 5.75 Å². The topological polar surface area (TPSA) is 107 Å². The Hall–Kier alpha value is -3.02. The first-order valence-corrected chi connectivity index (χ1v) is 14.3. The molecule has 11 heteroatoms. The molecular formula is C26H31N3O6S2. The van der Waals surface area contributed by atoms with E-state index in [1.54, 1.807) is 16.7 Å². The average Bonchev–Trinajstić information content (AvgIpc) is 3.24. The summed E-state index contributed by atoms with van der Waals surface area (Å²) in [4.78, 5) is 30.3. The summed E-state index contributed by atoms with van der Waals surface area (Å²) >= 11 is 1.36. The highest BCUT2D eigenvalue weighted by Crippen LogP contribution is 2.27. The molecule has 0 saturated carbocycles. The summed E-state index contributed by atoms with van der Waals surface area (Å²) in [6.45, 7) is 4.61. The highest BCUT2D eigenvalue weighted by molar-refractivity contribution is 7.89. The number of esters is 1. The van der Waals surface area contributed by atoms with Crippen LogP contribution in [0.3, 0.4) is 0 Å². The lowest BCUT2D eigenvalue weighted by Gasteiger charge is -2.29. The number of amides is 1. The fraction of sp³-hybridized carbons (Fsp3) is 0.423. The van der Waals surface area contributed by atoms with Crippen LogP contribution < -0.4 is 9.54 Å². The number of aromatic nitrogens is 1. The van der Waals surface area contributed by atoms with Crippen LogP contribution in [0.1, 0.15) is 38.2 Å². The van der Waals surface area contributed by atoms with Gasteiger partial charge in [-0.25, -0.2) is 8.42 Å². The van der Waals surface area contributed by atoms with Crippen LogP contribution in [-0.2, 0) is 30.9 Å². The molecule has 1 amide bonds. The molecule has 0 bridgehead atoms. The maximum Gasteiger partial charge on any atom is 0.325 e. The summed E-state index contributed by atoms with van der Waals surface area (Å²) < 4.78 is 40.1. The molecule has 9 nitrogen and oxygen atoms in total. The molecule has 0 radical (unpaired) electrons. The van der Waals surface area contributed by atoms with Crippen molar-refractivity contribution in [1.29, 1.82) is 0 Å². The highest BCUT2D eigenvalue weighted by atomic mass is 32.2. The third kappa shape index (κ3) is 5.78. The number of sulfonamides is 1. The van der Waals surface area contributed by atoms with Crippen molar-refractivity contribution in [3.8, 4) is 5.75 Å². The molecule has 3 aromatic rings. The van der Waals surface area contributed by atoms with Crippen LogP contribution in [0.25, 0.3) is 10.2 Å². The predicted molar refractivity (Wildman–Crippen MR) is 141 cm³/mol. The van der Waals surface area contributed by atoms with E-state index in [1.807, 2.05) is 12.1 Å². The van der Waals surface area contributed by atoms with Gasteiger partial charge in [0.2, 0.25) is 10.0 Å². The molecule has 198 valence electrons. The predicted octanol–water partition coefficient (Wildman–Crippen LogP) is 3.54. The van der Waals surface area contributed by atoms with E-state index >= 15 is 0 Å². The third-order valence-corrected chi connectivity index (χ3v) is 9.55. The summed E-state index contributed by atoms with van der Waals surface area (Å²) in [6, 6.07) is 12.3. The summed E-state index contributed by atoms with van der Waals surface area (Å²) in [5, 5.41) is 0. The number of methoxy groups -OCH3 is 2. The molecule has 1 aliphatic heterocycles. The van der Waals surface area contributed by atoms with Crippen molar-refractivity contribution < 1.29 is 27.5 Å². The lowest BCUT2D eigenvalue weighted by molar-refractivity contribution is -0.141. The zero-order valence-corrected chi connectivity index (χ0v) is 23.0. The number of benzene rings is 2. The van der Waals surface area contributed by atoms with Crippen molar-refractivity contribution in [2.24, 2.45) is 10.9 Å². The van der Waals surface area contributed by atoms with E-state index in [0.29, 0.717) is 29.3 Å².